The summed E-state index contributed by atoms with van der Waals surface area (Å²) in [6.45, 7) is 4.88. The molecule has 19 heavy (non-hydrogen) atoms. The van der Waals surface area contributed by atoms with Crippen molar-refractivity contribution in [3.63, 3.8) is 0 Å². The maximum absolute atomic E-state index is 4.57. The van der Waals surface area contributed by atoms with Crippen LogP contribution in [0.3, 0.4) is 0 Å². The normalized spacial score (nSPS) is 11.1. The topological polar surface area (TPSA) is 56.5 Å². The Balaban J connectivity index is 1.96. The first kappa shape index (κ1) is 12.1. The molecule has 2 aromatic heterocycles. The van der Waals surface area contributed by atoms with Gasteiger partial charge in [-0.2, -0.15) is 0 Å². The Morgan fingerprint density at radius 3 is 2.74 bits per heavy atom. The second-order valence-electron chi connectivity index (χ2n) is 4.07. The lowest BCUT2D eigenvalue weighted by Gasteiger charge is -2.04. The quantitative estimate of drug-likeness (QED) is 0.733. The number of fused-ring (bicyclic) bond motifs is 1. The van der Waals surface area contributed by atoms with Gasteiger partial charge in [0, 0.05) is 6.54 Å². The fourth-order valence-electron chi connectivity index (χ4n) is 1.88. The highest BCUT2D eigenvalue weighted by molar-refractivity contribution is 7.99. The molecule has 0 saturated heterocycles. The van der Waals surface area contributed by atoms with Crippen LogP contribution in [0.5, 0.6) is 0 Å². The third kappa shape index (κ3) is 2.31. The number of aryl methyl sites for hydroxylation is 1. The van der Waals surface area contributed by atoms with Crippen LogP contribution in [0.4, 0.5) is 0 Å². The molecule has 5 nitrogen and oxygen atoms in total. The number of aromatic nitrogens is 5. The first-order chi connectivity index (χ1) is 9.28. The highest BCUT2D eigenvalue weighted by Crippen LogP contribution is 2.25. The van der Waals surface area contributed by atoms with Gasteiger partial charge in [0.25, 0.3) is 0 Å². The Labute approximate surface area is 115 Å². The minimum absolute atomic E-state index is 0.834. The van der Waals surface area contributed by atoms with Gasteiger partial charge in [0.1, 0.15) is 10.9 Å². The molecule has 2 heterocycles. The van der Waals surface area contributed by atoms with Gasteiger partial charge in [0.05, 0.1) is 17.2 Å². The van der Waals surface area contributed by atoms with E-state index in [0.29, 0.717) is 0 Å². The van der Waals surface area contributed by atoms with Crippen molar-refractivity contribution < 1.29 is 0 Å². The second kappa shape index (κ2) is 4.97. The number of rotatable bonds is 3. The van der Waals surface area contributed by atoms with Gasteiger partial charge in [-0.05, 0) is 37.7 Å². The number of nitrogens with zero attached hydrogens (tertiary/aromatic N) is 5. The molecule has 0 N–H and O–H groups in total. The van der Waals surface area contributed by atoms with Gasteiger partial charge in [0.15, 0.2) is 5.16 Å². The van der Waals surface area contributed by atoms with Gasteiger partial charge in [-0.3, -0.25) is 4.98 Å². The van der Waals surface area contributed by atoms with Gasteiger partial charge in [-0.15, -0.1) is 10.2 Å². The molecule has 0 fully saturated rings. The van der Waals surface area contributed by atoms with E-state index in [0.717, 1.165) is 33.6 Å². The number of para-hydroxylation sites is 2. The molecule has 3 aromatic rings. The van der Waals surface area contributed by atoms with Crippen molar-refractivity contribution in [2.24, 2.45) is 0 Å². The lowest BCUT2D eigenvalue weighted by Crippen LogP contribution is -1.99. The average Bonchev–Trinajstić information content (AvgIpc) is 2.79. The maximum Gasteiger partial charge on any atom is 0.197 e. The summed E-state index contributed by atoms with van der Waals surface area (Å²) in [5, 5.41) is 9.95. The van der Waals surface area contributed by atoms with E-state index < -0.39 is 0 Å². The fraction of sp³-hybridized carbons (Fsp3) is 0.231. The largest absolute Gasteiger partial charge is 0.306 e. The van der Waals surface area contributed by atoms with E-state index >= 15 is 0 Å². The molecule has 0 aliphatic rings. The minimum atomic E-state index is 0.834. The molecule has 0 saturated carbocycles. The molecule has 0 spiro atoms. The average molecular weight is 271 g/mol. The van der Waals surface area contributed by atoms with Gasteiger partial charge in [0.2, 0.25) is 0 Å². The zero-order valence-electron chi connectivity index (χ0n) is 10.7. The highest BCUT2D eigenvalue weighted by atomic mass is 32.2. The molecule has 0 atom stereocenters. The molecule has 1 aromatic carbocycles. The van der Waals surface area contributed by atoms with Crippen molar-refractivity contribution in [3.05, 3.63) is 36.3 Å². The summed E-state index contributed by atoms with van der Waals surface area (Å²) < 4.78 is 2.06. The van der Waals surface area contributed by atoms with Crippen molar-refractivity contribution >= 4 is 22.8 Å². The summed E-state index contributed by atoms with van der Waals surface area (Å²) in [5.74, 6) is 0.916. The van der Waals surface area contributed by atoms with Gasteiger partial charge < -0.3 is 4.57 Å². The van der Waals surface area contributed by atoms with E-state index in [9.17, 15) is 0 Å². The van der Waals surface area contributed by atoms with Crippen LogP contribution in [0.15, 0.2) is 40.6 Å². The minimum Gasteiger partial charge on any atom is -0.306 e. The smallest absolute Gasteiger partial charge is 0.197 e. The first-order valence-electron chi connectivity index (χ1n) is 6.07. The Bertz CT molecular complexity index is 722. The molecule has 0 radical (unpaired) electrons. The van der Waals surface area contributed by atoms with E-state index in [4.69, 9.17) is 0 Å². The Morgan fingerprint density at radius 1 is 1.16 bits per heavy atom. The van der Waals surface area contributed by atoms with Gasteiger partial charge in [-0.25, -0.2) is 4.98 Å². The van der Waals surface area contributed by atoms with Crippen LogP contribution in [0.25, 0.3) is 11.0 Å². The molecular weight excluding hydrogens is 258 g/mol. The van der Waals surface area contributed by atoms with Crippen LogP contribution < -0.4 is 0 Å². The van der Waals surface area contributed by atoms with Crippen LogP contribution in [-0.2, 0) is 6.54 Å². The van der Waals surface area contributed by atoms with Crippen LogP contribution in [0.2, 0.25) is 0 Å². The van der Waals surface area contributed by atoms with E-state index in [2.05, 4.69) is 31.7 Å². The number of benzene rings is 1. The number of hydrogen-bond donors (Lipinski definition) is 0. The third-order valence-electron chi connectivity index (χ3n) is 2.84. The van der Waals surface area contributed by atoms with Crippen molar-refractivity contribution in [1.29, 1.82) is 0 Å². The zero-order valence-corrected chi connectivity index (χ0v) is 11.6. The van der Waals surface area contributed by atoms with Gasteiger partial charge >= 0.3 is 0 Å². The summed E-state index contributed by atoms with van der Waals surface area (Å²) >= 11 is 1.49. The predicted molar refractivity (Wildman–Crippen MR) is 74.1 cm³/mol. The van der Waals surface area contributed by atoms with Crippen LogP contribution in [0, 0.1) is 6.92 Å². The Kier molecular flexibility index (Phi) is 3.16. The summed E-state index contributed by atoms with van der Waals surface area (Å²) in [6, 6.07) is 7.84. The molecule has 0 bridgehead atoms. The van der Waals surface area contributed by atoms with Crippen molar-refractivity contribution in [2.45, 2.75) is 30.6 Å². The van der Waals surface area contributed by atoms with Crippen LogP contribution in [0.1, 0.15) is 12.7 Å². The Morgan fingerprint density at radius 2 is 1.95 bits per heavy atom. The molecule has 0 amide bonds. The van der Waals surface area contributed by atoms with Crippen molar-refractivity contribution in [3.8, 4) is 0 Å². The van der Waals surface area contributed by atoms with E-state index in [-0.39, 0.29) is 0 Å². The standard InChI is InChI=1S/C13H13N5S/c1-3-18-9(2)16-17-13(18)19-12-8-14-10-6-4-5-7-11(10)15-12/h4-8H,3H2,1-2H3. The molecule has 6 heteroatoms. The molecule has 96 valence electrons. The zero-order chi connectivity index (χ0) is 13.2. The summed E-state index contributed by atoms with van der Waals surface area (Å²) in [4.78, 5) is 8.97. The van der Waals surface area contributed by atoms with Crippen molar-refractivity contribution in [1.82, 2.24) is 24.7 Å². The molecule has 0 aliphatic carbocycles. The Hall–Kier alpha value is -1.95. The molecule has 3 rings (SSSR count). The maximum atomic E-state index is 4.57. The SMILES string of the molecule is CCn1c(C)nnc1Sc1cnc2ccccc2n1. The second-order valence-corrected chi connectivity index (χ2v) is 5.06. The third-order valence-corrected chi connectivity index (χ3v) is 3.73. The fourth-order valence-corrected chi connectivity index (χ4v) is 2.77. The lowest BCUT2D eigenvalue weighted by molar-refractivity contribution is 0.661. The van der Waals surface area contributed by atoms with E-state index in [1.54, 1.807) is 6.20 Å². The van der Waals surface area contributed by atoms with Crippen molar-refractivity contribution in [2.75, 3.05) is 0 Å². The number of hydrogen-bond acceptors (Lipinski definition) is 5. The van der Waals surface area contributed by atoms with Crippen LogP contribution >= 0.6 is 11.8 Å². The van der Waals surface area contributed by atoms with E-state index in [1.165, 1.54) is 11.8 Å². The van der Waals surface area contributed by atoms with Gasteiger partial charge in [-0.1, -0.05) is 12.1 Å². The first-order valence-corrected chi connectivity index (χ1v) is 6.89. The highest BCUT2D eigenvalue weighted by Gasteiger charge is 2.10. The summed E-state index contributed by atoms with van der Waals surface area (Å²) in [7, 11) is 0. The van der Waals surface area contributed by atoms with Crippen LogP contribution in [-0.4, -0.2) is 24.7 Å². The predicted octanol–water partition coefficient (Wildman–Crippen LogP) is 2.70. The summed E-state index contributed by atoms with van der Waals surface area (Å²) in [5.41, 5.74) is 1.80. The lowest BCUT2D eigenvalue weighted by atomic mass is 10.3. The summed E-state index contributed by atoms with van der Waals surface area (Å²) in [6.07, 6.45) is 1.77. The molecule has 0 aliphatic heterocycles. The molecular formula is C13H13N5S. The molecule has 0 unspecified atom stereocenters. The van der Waals surface area contributed by atoms with E-state index in [1.807, 2.05) is 31.2 Å². The monoisotopic (exact) mass is 271 g/mol.